The lowest BCUT2D eigenvalue weighted by Crippen LogP contribution is -2.49. The van der Waals surface area contributed by atoms with Gasteiger partial charge in [0.2, 0.25) is 0 Å². The molecule has 0 spiro atoms. The molecule has 1 aliphatic heterocycles. The fourth-order valence-electron chi connectivity index (χ4n) is 2.83. The molecular formula is C13H28N2O. The van der Waals surface area contributed by atoms with Gasteiger partial charge in [0.15, 0.2) is 0 Å². The van der Waals surface area contributed by atoms with Gasteiger partial charge in [-0.3, -0.25) is 4.90 Å². The molecule has 1 heterocycles. The van der Waals surface area contributed by atoms with Gasteiger partial charge in [-0.1, -0.05) is 20.3 Å². The van der Waals surface area contributed by atoms with Crippen LogP contribution in [0.4, 0.5) is 0 Å². The van der Waals surface area contributed by atoms with Crippen molar-refractivity contribution >= 4 is 0 Å². The van der Waals surface area contributed by atoms with E-state index in [1.165, 1.54) is 12.8 Å². The Hall–Kier alpha value is -0.120. The van der Waals surface area contributed by atoms with Crippen molar-refractivity contribution in [2.45, 2.75) is 51.7 Å². The van der Waals surface area contributed by atoms with Crippen LogP contribution >= 0.6 is 0 Å². The molecule has 1 saturated heterocycles. The summed E-state index contributed by atoms with van der Waals surface area (Å²) in [5.41, 5.74) is 5.93. The monoisotopic (exact) mass is 228 g/mol. The summed E-state index contributed by atoms with van der Waals surface area (Å²) in [5.74, 6) is 0.717. The van der Waals surface area contributed by atoms with Gasteiger partial charge in [0.05, 0.1) is 6.10 Å². The third kappa shape index (κ3) is 3.72. The third-order valence-corrected chi connectivity index (χ3v) is 3.92. The minimum Gasteiger partial charge on any atom is -0.381 e. The minimum atomic E-state index is 0.469. The Labute approximate surface area is 100 Å². The van der Waals surface area contributed by atoms with Gasteiger partial charge in [0, 0.05) is 32.8 Å². The van der Waals surface area contributed by atoms with Crippen LogP contribution in [-0.2, 0) is 4.74 Å². The van der Waals surface area contributed by atoms with E-state index in [1.54, 1.807) is 0 Å². The van der Waals surface area contributed by atoms with Gasteiger partial charge in [-0.05, 0) is 25.2 Å². The number of likely N-dealkylation sites (tertiary alicyclic amines) is 1. The van der Waals surface area contributed by atoms with E-state index in [9.17, 15) is 0 Å². The fourth-order valence-corrected chi connectivity index (χ4v) is 2.83. The molecule has 0 saturated carbocycles. The van der Waals surface area contributed by atoms with Crippen LogP contribution in [0.25, 0.3) is 0 Å². The highest BCUT2D eigenvalue weighted by atomic mass is 16.5. The first-order chi connectivity index (χ1) is 7.72. The van der Waals surface area contributed by atoms with Crippen LogP contribution in [0.3, 0.4) is 0 Å². The fraction of sp³-hybridized carbons (Fsp3) is 1.00. The molecule has 2 unspecified atom stereocenters. The van der Waals surface area contributed by atoms with E-state index in [1.807, 2.05) is 7.11 Å². The Morgan fingerprint density at radius 3 is 2.44 bits per heavy atom. The molecule has 3 nitrogen and oxygen atoms in total. The highest BCUT2D eigenvalue weighted by Gasteiger charge is 2.27. The summed E-state index contributed by atoms with van der Waals surface area (Å²) in [6.07, 6.45) is 5.33. The molecule has 1 aliphatic rings. The smallest absolute Gasteiger partial charge is 0.0595 e. The highest BCUT2D eigenvalue weighted by molar-refractivity contribution is 4.82. The molecule has 0 aromatic heterocycles. The molecule has 1 fully saturated rings. The average molecular weight is 228 g/mol. The predicted molar refractivity (Wildman–Crippen MR) is 68.5 cm³/mol. The molecule has 2 N–H and O–H groups in total. The summed E-state index contributed by atoms with van der Waals surface area (Å²) in [6.45, 7) is 7.67. The van der Waals surface area contributed by atoms with Gasteiger partial charge in [0.1, 0.15) is 0 Å². The Balaban J connectivity index is 2.42. The summed E-state index contributed by atoms with van der Waals surface area (Å²) in [5, 5.41) is 0. The van der Waals surface area contributed by atoms with Gasteiger partial charge in [-0.15, -0.1) is 0 Å². The van der Waals surface area contributed by atoms with Crippen LogP contribution in [0, 0.1) is 5.92 Å². The highest BCUT2D eigenvalue weighted by Crippen LogP contribution is 2.21. The van der Waals surface area contributed by atoms with E-state index in [2.05, 4.69) is 18.7 Å². The number of methoxy groups -OCH3 is 1. The van der Waals surface area contributed by atoms with Crippen LogP contribution in [0.5, 0.6) is 0 Å². The SMILES string of the molecule is CCCC(C)C(CN)N1CCC(OC)CC1. The Bertz CT molecular complexity index is 179. The van der Waals surface area contributed by atoms with Gasteiger partial charge in [-0.2, -0.15) is 0 Å². The van der Waals surface area contributed by atoms with E-state index in [4.69, 9.17) is 10.5 Å². The largest absolute Gasteiger partial charge is 0.381 e. The predicted octanol–water partition coefficient (Wildman–Crippen LogP) is 1.86. The molecule has 0 aliphatic carbocycles. The number of piperidine rings is 1. The zero-order valence-electron chi connectivity index (χ0n) is 11.1. The van der Waals surface area contributed by atoms with Gasteiger partial charge < -0.3 is 10.5 Å². The van der Waals surface area contributed by atoms with E-state index in [0.29, 0.717) is 18.1 Å². The number of ether oxygens (including phenoxy) is 1. The lowest BCUT2D eigenvalue weighted by atomic mass is 9.93. The normalized spacial score (nSPS) is 23.2. The molecule has 0 amide bonds. The maximum atomic E-state index is 5.93. The first-order valence-electron chi connectivity index (χ1n) is 6.69. The topological polar surface area (TPSA) is 38.5 Å². The van der Waals surface area contributed by atoms with Crippen LogP contribution in [-0.4, -0.2) is 43.8 Å². The van der Waals surface area contributed by atoms with Crippen molar-refractivity contribution in [3.63, 3.8) is 0 Å². The Morgan fingerprint density at radius 2 is 2.00 bits per heavy atom. The number of rotatable bonds is 6. The first kappa shape index (κ1) is 13.9. The average Bonchev–Trinajstić information content (AvgIpc) is 2.31. The molecule has 3 heteroatoms. The van der Waals surface area contributed by atoms with Crippen molar-refractivity contribution in [1.82, 2.24) is 4.90 Å². The molecule has 1 rings (SSSR count). The van der Waals surface area contributed by atoms with E-state index in [0.717, 1.165) is 32.5 Å². The zero-order valence-corrected chi connectivity index (χ0v) is 11.1. The van der Waals surface area contributed by atoms with Crippen molar-refractivity contribution in [2.75, 3.05) is 26.7 Å². The van der Waals surface area contributed by atoms with Gasteiger partial charge in [0.25, 0.3) is 0 Å². The van der Waals surface area contributed by atoms with E-state index >= 15 is 0 Å². The van der Waals surface area contributed by atoms with Crippen molar-refractivity contribution in [2.24, 2.45) is 11.7 Å². The number of hydrogen-bond donors (Lipinski definition) is 1. The lowest BCUT2D eigenvalue weighted by Gasteiger charge is -2.39. The van der Waals surface area contributed by atoms with E-state index in [-0.39, 0.29) is 0 Å². The second-order valence-electron chi connectivity index (χ2n) is 5.04. The molecule has 96 valence electrons. The summed E-state index contributed by atoms with van der Waals surface area (Å²) in [6, 6.07) is 0.567. The second kappa shape index (κ2) is 7.25. The van der Waals surface area contributed by atoms with Gasteiger partial charge >= 0.3 is 0 Å². The number of nitrogens with two attached hydrogens (primary N) is 1. The lowest BCUT2D eigenvalue weighted by molar-refractivity contribution is 0.0188. The summed E-state index contributed by atoms with van der Waals surface area (Å²) in [7, 11) is 1.82. The molecule has 0 aromatic rings. The van der Waals surface area contributed by atoms with E-state index < -0.39 is 0 Å². The molecule has 0 aromatic carbocycles. The molecule has 0 bridgehead atoms. The standard InChI is InChI=1S/C13H28N2O/c1-4-5-11(2)13(10-14)15-8-6-12(16-3)7-9-15/h11-13H,4-10,14H2,1-3H3. The molecule has 16 heavy (non-hydrogen) atoms. The van der Waals surface area contributed by atoms with Crippen LogP contribution in [0.1, 0.15) is 39.5 Å². The Morgan fingerprint density at radius 1 is 1.38 bits per heavy atom. The van der Waals surface area contributed by atoms with Crippen LogP contribution in [0.15, 0.2) is 0 Å². The minimum absolute atomic E-state index is 0.469. The third-order valence-electron chi connectivity index (χ3n) is 3.92. The quantitative estimate of drug-likeness (QED) is 0.754. The second-order valence-corrected chi connectivity index (χ2v) is 5.04. The summed E-state index contributed by atoms with van der Waals surface area (Å²) in [4.78, 5) is 2.57. The molecular weight excluding hydrogens is 200 g/mol. The van der Waals surface area contributed by atoms with Crippen LogP contribution < -0.4 is 5.73 Å². The van der Waals surface area contributed by atoms with Crippen molar-refractivity contribution < 1.29 is 4.74 Å². The molecule has 0 radical (unpaired) electrons. The zero-order chi connectivity index (χ0) is 12.0. The number of hydrogen-bond acceptors (Lipinski definition) is 3. The van der Waals surface area contributed by atoms with Crippen molar-refractivity contribution in [3.05, 3.63) is 0 Å². The Kier molecular flexibility index (Phi) is 6.32. The molecule has 2 atom stereocenters. The van der Waals surface area contributed by atoms with Crippen molar-refractivity contribution in [3.8, 4) is 0 Å². The summed E-state index contributed by atoms with van der Waals surface area (Å²) >= 11 is 0. The maximum Gasteiger partial charge on any atom is 0.0595 e. The van der Waals surface area contributed by atoms with Gasteiger partial charge in [-0.25, -0.2) is 0 Å². The van der Waals surface area contributed by atoms with Crippen molar-refractivity contribution in [1.29, 1.82) is 0 Å². The van der Waals surface area contributed by atoms with Crippen LogP contribution in [0.2, 0.25) is 0 Å². The maximum absolute atomic E-state index is 5.93. The first-order valence-corrected chi connectivity index (χ1v) is 6.69. The summed E-state index contributed by atoms with van der Waals surface area (Å²) < 4.78 is 5.40. The number of nitrogens with zero attached hydrogens (tertiary/aromatic N) is 1.